The molecule has 0 bridgehead atoms. The summed E-state index contributed by atoms with van der Waals surface area (Å²) in [7, 11) is 1.61. The van der Waals surface area contributed by atoms with Crippen molar-refractivity contribution in [2.45, 2.75) is 39.8 Å². The van der Waals surface area contributed by atoms with Gasteiger partial charge in [-0.3, -0.25) is 5.32 Å². The first kappa shape index (κ1) is 17.9. The molecule has 24 heavy (non-hydrogen) atoms. The number of ether oxygens (including phenoxy) is 1. The molecule has 0 radical (unpaired) electrons. The fourth-order valence-corrected chi connectivity index (χ4v) is 1.99. The summed E-state index contributed by atoms with van der Waals surface area (Å²) in [4.78, 5) is 16.2. The SMILES string of the molecule is COCCc1nc(CNC(=O)Nc2ccnn2[C@H](C)C(C)C)no1. The van der Waals surface area contributed by atoms with Gasteiger partial charge in [0.15, 0.2) is 5.82 Å². The van der Waals surface area contributed by atoms with E-state index in [1.165, 1.54) is 0 Å². The number of amides is 2. The lowest BCUT2D eigenvalue weighted by Crippen LogP contribution is -2.30. The smallest absolute Gasteiger partial charge is 0.320 e. The summed E-state index contributed by atoms with van der Waals surface area (Å²) in [5.41, 5.74) is 0. The Bertz CT molecular complexity index is 651. The van der Waals surface area contributed by atoms with Crippen LogP contribution < -0.4 is 10.6 Å². The van der Waals surface area contributed by atoms with Crippen molar-refractivity contribution in [3.63, 3.8) is 0 Å². The van der Waals surface area contributed by atoms with E-state index in [0.717, 1.165) is 0 Å². The van der Waals surface area contributed by atoms with Gasteiger partial charge in [0, 0.05) is 13.2 Å². The van der Waals surface area contributed by atoms with Crippen LogP contribution in [0, 0.1) is 5.92 Å². The molecule has 2 aromatic heterocycles. The highest BCUT2D eigenvalue weighted by Crippen LogP contribution is 2.20. The van der Waals surface area contributed by atoms with Crippen LogP contribution in [0.2, 0.25) is 0 Å². The van der Waals surface area contributed by atoms with Crippen LogP contribution in [0.4, 0.5) is 10.6 Å². The van der Waals surface area contributed by atoms with Crippen molar-refractivity contribution in [1.29, 1.82) is 0 Å². The summed E-state index contributed by atoms with van der Waals surface area (Å²) >= 11 is 0. The number of anilines is 1. The molecule has 0 spiro atoms. The number of aromatic nitrogens is 4. The molecule has 2 heterocycles. The molecule has 2 N–H and O–H groups in total. The van der Waals surface area contributed by atoms with E-state index in [4.69, 9.17) is 9.26 Å². The second-order valence-corrected chi connectivity index (χ2v) is 5.80. The standard InChI is InChI=1S/C15H24N6O3/c1-10(2)11(3)21-13(5-7-17-21)19-15(22)16-9-12-18-14(24-20-12)6-8-23-4/h5,7,10-11H,6,8-9H2,1-4H3,(H2,16,19,22)/t11-/m1/s1. The maximum absolute atomic E-state index is 12.0. The van der Waals surface area contributed by atoms with E-state index in [0.29, 0.717) is 36.5 Å². The van der Waals surface area contributed by atoms with E-state index in [1.54, 1.807) is 24.1 Å². The average molecular weight is 336 g/mol. The van der Waals surface area contributed by atoms with E-state index in [1.807, 2.05) is 0 Å². The van der Waals surface area contributed by atoms with Gasteiger partial charge >= 0.3 is 6.03 Å². The highest BCUT2D eigenvalue weighted by Gasteiger charge is 2.15. The average Bonchev–Trinajstić information content (AvgIpc) is 3.19. The van der Waals surface area contributed by atoms with Gasteiger partial charge in [-0.15, -0.1) is 0 Å². The second-order valence-electron chi connectivity index (χ2n) is 5.80. The molecule has 0 aliphatic carbocycles. The van der Waals surface area contributed by atoms with Gasteiger partial charge in [0.1, 0.15) is 5.82 Å². The number of nitrogens with zero attached hydrogens (tertiary/aromatic N) is 4. The third kappa shape index (κ3) is 4.79. The van der Waals surface area contributed by atoms with Crippen molar-refractivity contribution in [2.24, 2.45) is 5.92 Å². The maximum Gasteiger partial charge on any atom is 0.320 e. The minimum Gasteiger partial charge on any atom is -0.384 e. The molecule has 0 aromatic carbocycles. The zero-order valence-electron chi connectivity index (χ0n) is 14.4. The lowest BCUT2D eigenvalue weighted by Gasteiger charge is -2.19. The van der Waals surface area contributed by atoms with Crippen LogP contribution in [0.15, 0.2) is 16.8 Å². The first-order valence-electron chi connectivity index (χ1n) is 7.90. The van der Waals surface area contributed by atoms with Gasteiger partial charge in [0.2, 0.25) is 5.89 Å². The topological polar surface area (TPSA) is 107 Å². The van der Waals surface area contributed by atoms with Crippen LogP contribution in [0.25, 0.3) is 0 Å². The lowest BCUT2D eigenvalue weighted by molar-refractivity contribution is 0.192. The number of carbonyl (C=O) groups is 1. The Hall–Kier alpha value is -2.42. The molecular weight excluding hydrogens is 312 g/mol. The van der Waals surface area contributed by atoms with E-state index in [-0.39, 0.29) is 18.6 Å². The van der Waals surface area contributed by atoms with Crippen molar-refractivity contribution in [2.75, 3.05) is 19.0 Å². The number of urea groups is 1. The van der Waals surface area contributed by atoms with Crippen LogP contribution in [0.5, 0.6) is 0 Å². The molecule has 0 fully saturated rings. The van der Waals surface area contributed by atoms with Crippen molar-refractivity contribution < 1.29 is 14.1 Å². The fraction of sp³-hybridized carbons (Fsp3) is 0.600. The Morgan fingerprint density at radius 1 is 1.42 bits per heavy atom. The quantitative estimate of drug-likeness (QED) is 0.763. The highest BCUT2D eigenvalue weighted by molar-refractivity contribution is 5.88. The minimum atomic E-state index is -0.351. The molecule has 0 saturated carbocycles. The summed E-state index contributed by atoms with van der Waals surface area (Å²) in [6.07, 6.45) is 2.21. The zero-order chi connectivity index (χ0) is 17.5. The van der Waals surface area contributed by atoms with Gasteiger partial charge < -0.3 is 14.6 Å². The van der Waals surface area contributed by atoms with Crippen molar-refractivity contribution in [3.8, 4) is 0 Å². The largest absolute Gasteiger partial charge is 0.384 e. The molecule has 0 aliphatic heterocycles. The summed E-state index contributed by atoms with van der Waals surface area (Å²) in [5.74, 6) is 1.94. The molecule has 2 rings (SSSR count). The predicted molar refractivity (Wildman–Crippen MR) is 87.5 cm³/mol. The molecule has 9 nitrogen and oxygen atoms in total. The molecular formula is C15H24N6O3. The van der Waals surface area contributed by atoms with Crippen LogP contribution in [-0.2, 0) is 17.7 Å². The van der Waals surface area contributed by atoms with Crippen LogP contribution in [0.1, 0.15) is 38.5 Å². The Balaban J connectivity index is 1.86. The first-order valence-corrected chi connectivity index (χ1v) is 7.90. The van der Waals surface area contributed by atoms with Gasteiger partial charge in [0.05, 0.1) is 31.8 Å². The van der Waals surface area contributed by atoms with Crippen molar-refractivity contribution >= 4 is 11.8 Å². The summed E-state index contributed by atoms with van der Waals surface area (Å²) in [6, 6.07) is 1.59. The Labute approximate surface area is 140 Å². The third-order valence-electron chi connectivity index (χ3n) is 3.70. The molecule has 9 heteroatoms. The van der Waals surface area contributed by atoms with E-state index in [2.05, 4.69) is 46.6 Å². The number of hydrogen-bond acceptors (Lipinski definition) is 6. The van der Waals surface area contributed by atoms with E-state index in [9.17, 15) is 4.79 Å². The summed E-state index contributed by atoms with van der Waals surface area (Å²) in [6.45, 7) is 6.95. The summed E-state index contributed by atoms with van der Waals surface area (Å²) in [5, 5.41) is 13.5. The Kier molecular flexibility index (Phi) is 6.30. The number of methoxy groups -OCH3 is 1. The van der Waals surface area contributed by atoms with Gasteiger partial charge in [-0.25, -0.2) is 9.48 Å². The first-order chi connectivity index (χ1) is 11.5. The molecule has 2 amide bonds. The van der Waals surface area contributed by atoms with Gasteiger partial charge in [0.25, 0.3) is 0 Å². The lowest BCUT2D eigenvalue weighted by atomic mass is 10.1. The molecule has 0 unspecified atom stereocenters. The van der Waals surface area contributed by atoms with Crippen molar-refractivity contribution in [3.05, 3.63) is 24.0 Å². The maximum atomic E-state index is 12.0. The van der Waals surface area contributed by atoms with E-state index >= 15 is 0 Å². The molecule has 0 saturated heterocycles. The Morgan fingerprint density at radius 3 is 2.92 bits per heavy atom. The zero-order valence-corrected chi connectivity index (χ0v) is 14.4. The molecule has 2 aromatic rings. The number of rotatable bonds is 8. The number of carbonyl (C=O) groups excluding carboxylic acids is 1. The highest BCUT2D eigenvalue weighted by atomic mass is 16.5. The summed E-state index contributed by atoms with van der Waals surface area (Å²) < 4.78 is 11.8. The van der Waals surface area contributed by atoms with E-state index < -0.39 is 0 Å². The van der Waals surface area contributed by atoms with Crippen molar-refractivity contribution in [1.82, 2.24) is 25.2 Å². The minimum absolute atomic E-state index is 0.177. The third-order valence-corrected chi connectivity index (χ3v) is 3.70. The molecule has 132 valence electrons. The molecule has 1 atom stereocenters. The number of hydrogen-bond donors (Lipinski definition) is 2. The van der Waals surface area contributed by atoms with Crippen LogP contribution in [0.3, 0.4) is 0 Å². The molecule has 0 aliphatic rings. The van der Waals surface area contributed by atoms with Crippen LogP contribution in [-0.4, -0.2) is 39.7 Å². The predicted octanol–water partition coefficient (Wildman–Crippen LogP) is 1.99. The normalized spacial score (nSPS) is 12.4. The Morgan fingerprint density at radius 2 is 2.21 bits per heavy atom. The van der Waals surface area contributed by atoms with Gasteiger partial charge in [-0.2, -0.15) is 10.1 Å². The fourth-order valence-electron chi connectivity index (χ4n) is 1.99. The van der Waals surface area contributed by atoms with Gasteiger partial charge in [-0.05, 0) is 12.8 Å². The van der Waals surface area contributed by atoms with Gasteiger partial charge in [-0.1, -0.05) is 19.0 Å². The second kappa shape index (κ2) is 8.44. The number of nitrogens with one attached hydrogen (secondary N) is 2. The van der Waals surface area contributed by atoms with Crippen LogP contribution >= 0.6 is 0 Å². The monoisotopic (exact) mass is 336 g/mol.